The molecular formula is C17H20ClN3O3. The lowest BCUT2D eigenvalue weighted by molar-refractivity contribution is -0.384. The molecule has 3 rings (SSSR count). The molecular weight excluding hydrogens is 330 g/mol. The van der Waals surface area contributed by atoms with E-state index in [1.807, 2.05) is 19.2 Å². The average molecular weight is 350 g/mol. The Kier molecular flexibility index (Phi) is 5.18. The van der Waals surface area contributed by atoms with Crippen LogP contribution < -0.4 is 5.32 Å². The zero-order valence-corrected chi connectivity index (χ0v) is 14.3. The van der Waals surface area contributed by atoms with Crippen LogP contribution >= 0.6 is 11.6 Å². The Balaban J connectivity index is 1.72. The Hall–Kier alpha value is -1.89. The van der Waals surface area contributed by atoms with Gasteiger partial charge in [0.1, 0.15) is 11.5 Å². The van der Waals surface area contributed by atoms with Gasteiger partial charge in [0.15, 0.2) is 0 Å². The van der Waals surface area contributed by atoms with Crippen LogP contribution in [0.1, 0.15) is 18.6 Å². The van der Waals surface area contributed by atoms with Gasteiger partial charge in [0.25, 0.3) is 5.69 Å². The first-order chi connectivity index (χ1) is 11.6. The number of nitro benzene ring substituents is 1. The summed E-state index contributed by atoms with van der Waals surface area (Å²) in [4.78, 5) is 12.7. The summed E-state index contributed by atoms with van der Waals surface area (Å²) >= 11 is 6.16. The topological polar surface area (TPSA) is 71.5 Å². The Morgan fingerprint density at radius 2 is 2.25 bits per heavy atom. The molecule has 0 radical (unpaired) electrons. The van der Waals surface area contributed by atoms with Gasteiger partial charge in [-0.2, -0.15) is 0 Å². The molecule has 1 atom stereocenters. The number of rotatable bonds is 5. The van der Waals surface area contributed by atoms with Crippen molar-refractivity contribution in [2.75, 3.05) is 20.1 Å². The van der Waals surface area contributed by atoms with Gasteiger partial charge in [-0.05, 0) is 44.6 Å². The van der Waals surface area contributed by atoms with Crippen molar-refractivity contribution < 1.29 is 9.34 Å². The fourth-order valence-corrected chi connectivity index (χ4v) is 3.35. The highest BCUT2D eigenvalue weighted by molar-refractivity contribution is 6.33. The molecule has 1 aliphatic heterocycles. The molecule has 2 heterocycles. The monoisotopic (exact) mass is 349 g/mol. The highest BCUT2D eigenvalue weighted by Gasteiger charge is 2.20. The van der Waals surface area contributed by atoms with E-state index >= 15 is 0 Å². The van der Waals surface area contributed by atoms with E-state index in [1.54, 1.807) is 6.07 Å². The summed E-state index contributed by atoms with van der Waals surface area (Å²) in [5.41, 5.74) is 0.641. The van der Waals surface area contributed by atoms with Gasteiger partial charge in [0, 0.05) is 30.3 Å². The van der Waals surface area contributed by atoms with E-state index in [9.17, 15) is 10.1 Å². The van der Waals surface area contributed by atoms with Crippen molar-refractivity contribution >= 4 is 17.3 Å². The molecule has 24 heavy (non-hydrogen) atoms. The van der Waals surface area contributed by atoms with Gasteiger partial charge in [0.2, 0.25) is 0 Å². The van der Waals surface area contributed by atoms with Crippen LogP contribution in [0.4, 0.5) is 5.69 Å². The second-order valence-corrected chi connectivity index (χ2v) is 6.46. The summed E-state index contributed by atoms with van der Waals surface area (Å²) in [5.74, 6) is 1.50. The number of piperidine rings is 1. The number of likely N-dealkylation sites (N-methyl/N-ethyl adjacent to an activating group) is 1. The molecule has 0 aliphatic carbocycles. The molecule has 6 nitrogen and oxygen atoms in total. The quantitative estimate of drug-likeness (QED) is 0.658. The molecule has 1 aliphatic rings. The third kappa shape index (κ3) is 3.77. The molecule has 1 saturated heterocycles. The first-order valence-corrected chi connectivity index (χ1v) is 8.37. The number of hydrogen-bond donors (Lipinski definition) is 1. The molecule has 1 fully saturated rings. The van der Waals surface area contributed by atoms with Crippen LogP contribution in [0.15, 0.2) is 34.7 Å². The van der Waals surface area contributed by atoms with Gasteiger partial charge in [0.05, 0.1) is 16.5 Å². The predicted octanol–water partition coefficient (Wildman–Crippen LogP) is 3.69. The van der Waals surface area contributed by atoms with Crippen molar-refractivity contribution in [3.05, 3.63) is 51.2 Å². The number of benzene rings is 1. The van der Waals surface area contributed by atoms with Crippen LogP contribution in [0, 0.1) is 10.1 Å². The fourth-order valence-electron chi connectivity index (χ4n) is 3.08. The summed E-state index contributed by atoms with van der Waals surface area (Å²) in [6, 6.07) is 8.74. The Morgan fingerprint density at radius 1 is 1.42 bits per heavy atom. The molecule has 0 amide bonds. The van der Waals surface area contributed by atoms with E-state index in [-0.39, 0.29) is 5.69 Å². The van der Waals surface area contributed by atoms with Crippen LogP contribution in [0.25, 0.3) is 11.3 Å². The summed E-state index contributed by atoms with van der Waals surface area (Å²) in [7, 11) is 2.00. The minimum Gasteiger partial charge on any atom is -0.460 e. The third-order valence-corrected chi connectivity index (χ3v) is 4.70. The number of halogens is 1. The Labute approximate surface area is 145 Å². The normalized spacial score (nSPS) is 18.7. The van der Waals surface area contributed by atoms with Crippen molar-refractivity contribution in [1.82, 2.24) is 10.2 Å². The lowest BCUT2D eigenvalue weighted by Crippen LogP contribution is -2.43. The van der Waals surface area contributed by atoms with Crippen molar-refractivity contribution in [3.8, 4) is 11.3 Å². The third-order valence-electron chi connectivity index (χ3n) is 4.38. The second-order valence-electron chi connectivity index (χ2n) is 6.05. The Morgan fingerprint density at radius 3 is 2.96 bits per heavy atom. The number of nitrogens with zero attached hydrogens (tertiary/aromatic N) is 2. The average Bonchev–Trinajstić information content (AvgIpc) is 3.03. The van der Waals surface area contributed by atoms with Gasteiger partial charge >= 0.3 is 0 Å². The van der Waals surface area contributed by atoms with Crippen molar-refractivity contribution in [3.63, 3.8) is 0 Å². The Bertz CT molecular complexity index is 732. The molecule has 128 valence electrons. The molecule has 7 heteroatoms. The van der Waals surface area contributed by atoms with Crippen molar-refractivity contribution in [1.29, 1.82) is 0 Å². The maximum absolute atomic E-state index is 10.8. The summed E-state index contributed by atoms with van der Waals surface area (Å²) < 4.78 is 5.91. The molecule has 1 unspecified atom stereocenters. The number of nitro groups is 1. The first kappa shape index (κ1) is 17.0. The van der Waals surface area contributed by atoms with E-state index in [4.69, 9.17) is 16.0 Å². The number of furan rings is 1. The van der Waals surface area contributed by atoms with E-state index < -0.39 is 4.92 Å². The van der Waals surface area contributed by atoms with E-state index in [2.05, 4.69) is 10.2 Å². The van der Waals surface area contributed by atoms with Gasteiger partial charge in [-0.1, -0.05) is 11.6 Å². The minimum atomic E-state index is -0.461. The van der Waals surface area contributed by atoms with Crippen molar-refractivity contribution in [2.24, 2.45) is 0 Å². The second kappa shape index (κ2) is 7.34. The van der Waals surface area contributed by atoms with Gasteiger partial charge < -0.3 is 9.73 Å². The highest BCUT2D eigenvalue weighted by Crippen LogP contribution is 2.32. The SMILES string of the molecule is CNC1CCCN(Cc2ccc(-c3ccc([N+](=O)[O-])cc3Cl)o2)C1. The fraction of sp³-hybridized carbons (Fsp3) is 0.412. The first-order valence-electron chi connectivity index (χ1n) is 7.99. The molecule has 1 N–H and O–H groups in total. The van der Waals surface area contributed by atoms with E-state index in [0.29, 0.717) is 22.4 Å². The zero-order chi connectivity index (χ0) is 17.1. The standard InChI is InChI=1S/C17H20ClN3O3/c1-19-12-3-2-8-20(10-12)11-14-5-7-17(24-14)15-6-4-13(21(22)23)9-16(15)18/h4-7,9,12,19H,2-3,8,10-11H2,1H3. The predicted molar refractivity (Wildman–Crippen MR) is 93.2 cm³/mol. The molecule has 2 aromatic rings. The maximum atomic E-state index is 10.8. The molecule has 0 spiro atoms. The van der Waals surface area contributed by atoms with Gasteiger partial charge in [-0.25, -0.2) is 0 Å². The number of non-ortho nitro benzene ring substituents is 1. The summed E-state index contributed by atoms with van der Waals surface area (Å²) in [6.45, 7) is 2.82. The highest BCUT2D eigenvalue weighted by atomic mass is 35.5. The van der Waals surface area contributed by atoms with Crippen LogP contribution in [0.2, 0.25) is 5.02 Å². The van der Waals surface area contributed by atoms with Gasteiger partial charge in [-0.3, -0.25) is 15.0 Å². The summed E-state index contributed by atoms with van der Waals surface area (Å²) in [6.07, 6.45) is 2.38. The summed E-state index contributed by atoms with van der Waals surface area (Å²) in [5, 5.41) is 14.4. The van der Waals surface area contributed by atoms with Crippen LogP contribution in [0.3, 0.4) is 0 Å². The van der Waals surface area contributed by atoms with E-state index in [1.165, 1.54) is 25.0 Å². The smallest absolute Gasteiger partial charge is 0.270 e. The van der Waals surface area contributed by atoms with Gasteiger partial charge in [-0.15, -0.1) is 0 Å². The maximum Gasteiger partial charge on any atom is 0.270 e. The molecule has 0 saturated carbocycles. The zero-order valence-electron chi connectivity index (χ0n) is 13.5. The number of hydrogen-bond acceptors (Lipinski definition) is 5. The number of nitrogens with one attached hydrogen (secondary N) is 1. The largest absolute Gasteiger partial charge is 0.460 e. The van der Waals surface area contributed by atoms with Crippen molar-refractivity contribution in [2.45, 2.75) is 25.4 Å². The lowest BCUT2D eigenvalue weighted by Gasteiger charge is -2.31. The van der Waals surface area contributed by atoms with Crippen LogP contribution in [-0.4, -0.2) is 36.0 Å². The number of likely N-dealkylation sites (tertiary alicyclic amines) is 1. The molecule has 0 bridgehead atoms. The van der Waals surface area contributed by atoms with Crippen LogP contribution in [-0.2, 0) is 6.54 Å². The molecule has 1 aromatic heterocycles. The van der Waals surface area contributed by atoms with Crippen LogP contribution in [0.5, 0.6) is 0 Å². The van der Waals surface area contributed by atoms with E-state index in [0.717, 1.165) is 25.4 Å². The lowest BCUT2D eigenvalue weighted by atomic mass is 10.1. The minimum absolute atomic E-state index is 0.0260. The molecule has 1 aromatic carbocycles.